The van der Waals surface area contributed by atoms with Crippen LogP contribution in [0.25, 0.3) is 0 Å². The summed E-state index contributed by atoms with van der Waals surface area (Å²) in [6.07, 6.45) is 3.15. The number of benzene rings is 1. The number of rotatable bonds is 5. The van der Waals surface area contributed by atoms with E-state index in [0.717, 1.165) is 24.0 Å². The number of carbonyl (C=O) groups excluding carboxylic acids is 2. The van der Waals surface area contributed by atoms with Crippen molar-refractivity contribution in [2.24, 2.45) is 5.41 Å². The highest BCUT2D eigenvalue weighted by Gasteiger charge is 2.35. The molecule has 1 heterocycles. The second-order valence-electron chi connectivity index (χ2n) is 8.50. The van der Waals surface area contributed by atoms with Crippen LogP contribution in [0.5, 0.6) is 0 Å². The highest BCUT2D eigenvalue weighted by atomic mass is 35.5. The first-order valence-corrected chi connectivity index (χ1v) is 10.3. The van der Waals surface area contributed by atoms with E-state index in [4.69, 9.17) is 11.6 Å². The standard InChI is InChI=1S/C23H30ClN3O2/c1-7-9-19(23(4,5)6)27(22(29)17-13-15(2)12-16(3)14-17)26-21(28)18-10-8-11-25-20(18)24/h8,10-14,19H,7,9H2,1-6H3,(H,26,28). The fraction of sp³-hybridized carbons (Fsp3) is 0.435. The summed E-state index contributed by atoms with van der Waals surface area (Å²) >= 11 is 6.10. The fourth-order valence-electron chi connectivity index (χ4n) is 3.46. The summed E-state index contributed by atoms with van der Waals surface area (Å²) in [5, 5.41) is 1.58. The van der Waals surface area contributed by atoms with Gasteiger partial charge in [-0.1, -0.05) is 62.9 Å². The van der Waals surface area contributed by atoms with Crippen molar-refractivity contribution in [3.05, 3.63) is 63.9 Å². The van der Waals surface area contributed by atoms with Crippen LogP contribution in [0.3, 0.4) is 0 Å². The molecule has 5 nitrogen and oxygen atoms in total. The second-order valence-corrected chi connectivity index (χ2v) is 8.86. The van der Waals surface area contributed by atoms with Crippen molar-refractivity contribution in [1.29, 1.82) is 0 Å². The maximum Gasteiger partial charge on any atom is 0.273 e. The number of aryl methyl sites for hydroxylation is 2. The van der Waals surface area contributed by atoms with Gasteiger partial charge in [-0.15, -0.1) is 0 Å². The Morgan fingerprint density at radius 1 is 1.17 bits per heavy atom. The molecular weight excluding hydrogens is 386 g/mol. The van der Waals surface area contributed by atoms with Gasteiger partial charge in [0.25, 0.3) is 11.8 Å². The fourth-order valence-corrected chi connectivity index (χ4v) is 3.66. The Bertz CT molecular complexity index is 870. The van der Waals surface area contributed by atoms with E-state index < -0.39 is 5.91 Å². The molecule has 0 aliphatic heterocycles. The van der Waals surface area contributed by atoms with Crippen molar-refractivity contribution in [2.75, 3.05) is 0 Å². The van der Waals surface area contributed by atoms with E-state index in [9.17, 15) is 9.59 Å². The zero-order valence-electron chi connectivity index (χ0n) is 18.0. The third kappa shape index (κ3) is 5.80. The van der Waals surface area contributed by atoms with E-state index in [1.807, 2.05) is 32.0 Å². The van der Waals surface area contributed by atoms with Crippen molar-refractivity contribution >= 4 is 23.4 Å². The molecule has 0 bridgehead atoms. The Labute approximate surface area is 178 Å². The molecule has 1 aromatic heterocycles. The average Bonchev–Trinajstić information content (AvgIpc) is 2.62. The number of halogens is 1. The van der Waals surface area contributed by atoms with Gasteiger partial charge in [0.2, 0.25) is 0 Å². The summed E-state index contributed by atoms with van der Waals surface area (Å²) in [6, 6.07) is 8.75. The molecule has 1 atom stereocenters. The summed E-state index contributed by atoms with van der Waals surface area (Å²) in [7, 11) is 0. The van der Waals surface area contributed by atoms with Gasteiger partial charge in [0.1, 0.15) is 5.15 Å². The monoisotopic (exact) mass is 415 g/mol. The predicted octanol–water partition coefficient (Wildman–Crippen LogP) is 5.35. The van der Waals surface area contributed by atoms with Crippen molar-refractivity contribution in [2.45, 2.75) is 60.4 Å². The van der Waals surface area contributed by atoms with Crippen LogP contribution in [0.1, 0.15) is 72.4 Å². The number of hydrogen-bond donors (Lipinski definition) is 1. The third-order valence-corrected chi connectivity index (χ3v) is 5.09. The highest BCUT2D eigenvalue weighted by molar-refractivity contribution is 6.32. The van der Waals surface area contributed by atoms with Crippen LogP contribution in [0.2, 0.25) is 5.15 Å². The Morgan fingerprint density at radius 2 is 1.79 bits per heavy atom. The normalized spacial score (nSPS) is 12.4. The highest BCUT2D eigenvalue weighted by Crippen LogP contribution is 2.29. The average molecular weight is 416 g/mol. The van der Waals surface area contributed by atoms with Gasteiger partial charge in [0, 0.05) is 11.8 Å². The number of nitrogens with one attached hydrogen (secondary N) is 1. The minimum absolute atomic E-state index is 0.103. The zero-order valence-corrected chi connectivity index (χ0v) is 18.8. The lowest BCUT2D eigenvalue weighted by atomic mass is 9.83. The van der Waals surface area contributed by atoms with Gasteiger partial charge in [0.05, 0.1) is 11.6 Å². The van der Waals surface area contributed by atoms with Crippen LogP contribution >= 0.6 is 11.6 Å². The molecule has 156 valence electrons. The van der Waals surface area contributed by atoms with Crippen molar-refractivity contribution in [3.63, 3.8) is 0 Å². The molecule has 0 aliphatic rings. The van der Waals surface area contributed by atoms with Gasteiger partial charge >= 0.3 is 0 Å². The molecule has 0 fully saturated rings. The van der Waals surface area contributed by atoms with Gasteiger partial charge in [-0.05, 0) is 49.9 Å². The van der Waals surface area contributed by atoms with E-state index in [-0.39, 0.29) is 28.1 Å². The molecule has 1 N–H and O–H groups in total. The van der Waals surface area contributed by atoms with Crippen LogP contribution in [-0.4, -0.2) is 27.8 Å². The Balaban J connectivity index is 2.48. The lowest BCUT2D eigenvalue weighted by molar-refractivity contribution is 0.0271. The first-order valence-electron chi connectivity index (χ1n) is 9.88. The Kier molecular flexibility index (Phi) is 7.42. The van der Waals surface area contributed by atoms with Crippen LogP contribution < -0.4 is 5.43 Å². The second kappa shape index (κ2) is 9.40. The quantitative estimate of drug-likeness (QED) is 0.528. The molecular formula is C23H30ClN3O2. The molecule has 0 spiro atoms. The first-order chi connectivity index (χ1) is 13.5. The predicted molar refractivity (Wildman–Crippen MR) is 117 cm³/mol. The molecule has 0 radical (unpaired) electrons. The maximum atomic E-state index is 13.5. The van der Waals surface area contributed by atoms with Crippen LogP contribution in [0.4, 0.5) is 0 Å². The van der Waals surface area contributed by atoms with Crippen LogP contribution in [0, 0.1) is 19.3 Å². The van der Waals surface area contributed by atoms with Crippen LogP contribution in [0.15, 0.2) is 36.5 Å². The minimum Gasteiger partial charge on any atom is -0.267 e. The Hall–Kier alpha value is -2.40. The van der Waals surface area contributed by atoms with Gasteiger partial charge in [-0.25, -0.2) is 9.99 Å². The molecule has 0 saturated carbocycles. The maximum absolute atomic E-state index is 13.5. The van der Waals surface area contributed by atoms with E-state index in [0.29, 0.717) is 5.56 Å². The molecule has 2 amide bonds. The summed E-state index contributed by atoms with van der Waals surface area (Å²) < 4.78 is 0. The van der Waals surface area contributed by atoms with Gasteiger partial charge < -0.3 is 0 Å². The molecule has 0 saturated heterocycles. The number of pyridine rings is 1. The molecule has 1 unspecified atom stereocenters. The smallest absolute Gasteiger partial charge is 0.267 e. The topological polar surface area (TPSA) is 62.3 Å². The first kappa shape index (κ1) is 22.9. The molecule has 29 heavy (non-hydrogen) atoms. The summed E-state index contributed by atoms with van der Waals surface area (Å²) in [5.74, 6) is -0.690. The van der Waals surface area contributed by atoms with Crippen molar-refractivity contribution < 1.29 is 9.59 Å². The Morgan fingerprint density at radius 3 is 2.31 bits per heavy atom. The van der Waals surface area contributed by atoms with E-state index >= 15 is 0 Å². The van der Waals surface area contributed by atoms with Crippen LogP contribution in [-0.2, 0) is 0 Å². The largest absolute Gasteiger partial charge is 0.273 e. The number of aromatic nitrogens is 1. The van der Waals surface area contributed by atoms with E-state index in [2.05, 4.69) is 38.1 Å². The number of nitrogens with zero attached hydrogens (tertiary/aromatic N) is 2. The number of carbonyl (C=O) groups is 2. The number of hydrogen-bond acceptors (Lipinski definition) is 3. The molecule has 2 rings (SSSR count). The molecule has 0 aliphatic carbocycles. The van der Waals surface area contributed by atoms with Crippen molar-refractivity contribution in [3.8, 4) is 0 Å². The number of amides is 2. The van der Waals surface area contributed by atoms with E-state index in [1.165, 1.54) is 11.2 Å². The van der Waals surface area contributed by atoms with Gasteiger partial charge in [0.15, 0.2) is 0 Å². The third-order valence-electron chi connectivity index (χ3n) is 4.79. The lowest BCUT2D eigenvalue weighted by Gasteiger charge is -2.40. The van der Waals surface area contributed by atoms with Gasteiger partial charge in [-0.3, -0.25) is 15.0 Å². The lowest BCUT2D eigenvalue weighted by Crippen LogP contribution is -2.56. The molecule has 6 heteroatoms. The van der Waals surface area contributed by atoms with Gasteiger partial charge in [-0.2, -0.15) is 0 Å². The summed E-state index contributed by atoms with van der Waals surface area (Å²) in [4.78, 5) is 30.4. The zero-order chi connectivity index (χ0) is 21.8. The SMILES string of the molecule is CCCC(N(NC(=O)c1cccnc1Cl)C(=O)c1cc(C)cc(C)c1)C(C)(C)C. The molecule has 2 aromatic rings. The minimum atomic E-state index is -0.453. The number of hydrazine groups is 1. The van der Waals surface area contributed by atoms with E-state index in [1.54, 1.807) is 12.1 Å². The summed E-state index contributed by atoms with van der Waals surface area (Å²) in [6.45, 7) is 12.2. The summed E-state index contributed by atoms with van der Waals surface area (Å²) in [5.41, 5.74) is 5.36. The van der Waals surface area contributed by atoms with Crippen molar-refractivity contribution in [1.82, 2.24) is 15.4 Å². The molecule has 1 aromatic carbocycles.